The molecule has 0 saturated heterocycles. The first kappa shape index (κ1) is 12.2. The third-order valence-corrected chi connectivity index (χ3v) is 3.55. The van der Waals surface area contributed by atoms with Gasteiger partial charge in [0.25, 0.3) is 0 Å². The molecule has 84 valence electrons. The maximum Gasteiger partial charge on any atom is 0.147 e. The standard InChI is InChI=1S/C9H16N4OS/c1-5-8(13-10)11-4-12-9(5)15-7(3)6(2)14/h4,6-7,14H,10H2,1-3H3,(H,11,12,13). The summed E-state index contributed by atoms with van der Waals surface area (Å²) in [6.45, 7) is 5.61. The van der Waals surface area contributed by atoms with Crippen molar-refractivity contribution in [1.82, 2.24) is 9.97 Å². The quantitative estimate of drug-likeness (QED) is 0.308. The van der Waals surface area contributed by atoms with Crippen LogP contribution in [0.4, 0.5) is 5.82 Å². The van der Waals surface area contributed by atoms with Gasteiger partial charge in [0.2, 0.25) is 0 Å². The second-order valence-electron chi connectivity index (χ2n) is 3.36. The summed E-state index contributed by atoms with van der Waals surface area (Å²) >= 11 is 1.51. The van der Waals surface area contributed by atoms with E-state index in [2.05, 4.69) is 15.4 Å². The van der Waals surface area contributed by atoms with Gasteiger partial charge >= 0.3 is 0 Å². The van der Waals surface area contributed by atoms with Crippen LogP contribution in [0.15, 0.2) is 11.4 Å². The largest absolute Gasteiger partial charge is 0.392 e. The predicted molar refractivity (Wildman–Crippen MR) is 61.6 cm³/mol. The van der Waals surface area contributed by atoms with Crippen molar-refractivity contribution in [3.8, 4) is 0 Å². The minimum absolute atomic E-state index is 0.0872. The summed E-state index contributed by atoms with van der Waals surface area (Å²) in [5.41, 5.74) is 3.41. The number of hydrazine groups is 1. The van der Waals surface area contributed by atoms with Crippen molar-refractivity contribution in [1.29, 1.82) is 0 Å². The number of nitrogen functional groups attached to an aromatic ring is 1. The van der Waals surface area contributed by atoms with Gasteiger partial charge in [0.05, 0.1) is 6.10 Å². The fourth-order valence-corrected chi connectivity index (χ4v) is 1.90. The maximum atomic E-state index is 9.40. The zero-order valence-electron chi connectivity index (χ0n) is 9.06. The number of rotatable bonds is 4. The topological polar surface area (TPSA) is 84.1 Å². The highest BCUT2D eigenvalue weighted by atomic mass is 32.2. The minimum atomic E-state index is -0.376. The van der Waals surface area contributed by atoms with Gasteiger partial charge in [-0.3, -0.25) is 0 Å². The van der Waals surface area contributed by atoms with Crippen LogP contribution in [0.5, 0.6) is 0 Å². The molecule has 1 aromatic heterocycles. The SMILES string of the molecule is Cc1c(NN)ncnc1SC(C)C(C)O. The van der Waals surface area contributed by atoms with Gasteiger partial charge in [-0.1, -0.05) is 6.92 Å². The van der Waals surface area contributed by atoms with Gasteiger partial charge in [-0.2, -0.15) is 0 Å². The average molecular weight is 228 g/mol. The fourth-order valence-electron chi connectivity index (χ4n) is 0.973. The van der Waals surface area contributed by atoms with Gasteiger partial charge in [0.15, 0.2) is 0 Å². The molecule has 1 rings (SSSR count). The van der Waals surface area contributed by atoms with Crippen LogP contribution in [-0.4, -0.2) is 26.4 Å². The van der Waals surface area contributed by atoms with E-state index < -0.39 is 0 Å². The highest BCUT2D eigenvalue weighted by molar-refractivity contribution is 7.99. The molecule has 1 heterocycles. The van der Waals surface area contributed by atoms with Crippen LogP contribution in [0.1, 0.15) is 19.4 Å². The van der Waals surface area contributed by atoms with E-state index in [1.807, 2.05) is 13.8 Å². The third-order valence-electron chi connectivity index (χ3n) is 2.15. The van der Waals surface area contributed by atoms with Crippen LogP contribution in [0, 0.1) is 6.92 Å². The molecule has 6 heteroatoms. The van der Waals surface area contributed by atoms with E-state index in [0.29, 0.717) is 5.82 Å². The zero-order valence-corrected chi connectivity index (χ0v) is 9.88. The molecule has 0 spiro atoms. The predicted octanol–water partition coefficient (Wildman–Crippen LogP) is 0.932. The van der Waals surface area contributed by atoms with Crippen LogP contribution in [0.3, 0.4) is 0 Å². The summed E-state index contributed by atoms with van der Waals surface area (Å²) in [7, 11) is 0. The number of aromatic nitrogens is 2. The number of aliphatic hydroxyl groups is 1. The lowest BCUT2D eigenvalue weighted by molar-refractivity contribution is 0.196. The molecule has 0 radical (unpaired) electrons. The first-order chi connectivity index (χ1) is 7.06. The zero-order chi connectivity index (χ0) is 11.4. The van der Waals surface area contributed by atoms with Gasteiger partial charge in [-0.05, 0) is 13.8 Å². The number of nitrogens with zero attached hydrogens (tertiary/aromatic N) is 2. The fraction of sp³-hybridized carbons (Fsp3) is 0.556. The molecule has 2 unspecified atom stereocenters. The van der Waals surface area contributed by atoms with Crippen LogP contribution in [0.25, 0.3) is 0 Å². The van der Waals surface area contributed by atoms with Crippen molar-refractivity contribution >= 4 is 17.6 Å². The van der Waals surface area contributed by atoms with Crippen LogP contribution >= 0.6 is 11.8 Å². The Bertz CT molecular complexity index is 332. The Balaban J connectivity index is 2.86. The van der Waals surface area contributed by atoms with E-state index >= 15 is 0 Å². The Morgan fingerprint density at radius 2 is 2.13 bits per heavy atom. The van der Waals surface area contributed by atoms with Crippen LogP contribution < -0.4 is 11.3 Å². The first-order valence-electron chi connectivity index (χ1n) is 4.69. The average Bonchev–Trinajstić information content (AvgIpc) is 2.21. The summed E-state index contributed by atoms with van der Waals surface area (Å²) in [6, 6.07) is 0. The third kappa shape index (κ3) is 3.05. The number of nitrogens with one attached hydrogen (secondary N) is 1. The van der Waals surface area contributed by atoms with Crippen molar-refractivity contribution < 1.29 is 5.11 Å². The second-order valence-corrected chi connectivity index (χ2v) is 4.73. The Hall–Kier alpha value is -0.850. The number of thioether (sulfide) groups is 1. The molecule has 0 bridgehead atoms. The van der Waals surface area contributed by atoms with Gasteiger partial charge in [-0.25, -0.2) is 15.8 Å². The summed E-state index contributed by atoms with van der Waals surface area (Å²) in [5.74, 6) is 5.93. The van der Waals surface area contributed by atoms with E-state index in [4.69, 9.17) is 5.84 Å². The molecule has 0 fully saturated rings. The summed E-state index contributed by atoms with van der Waals surface area (Å²) in [6.07, 6.45) is 1.08. The maximum absolute atomic E-state index is 9.40. The Labute approximate surface area is 93.5 Å². The molecule has 0 aliphatic heterocycles. The molecule has 0 aliphatic rings. The highest BCUT2D eigenvalue weighted by Crippen LogP contribution is 2.28. The highest BCUT2D eigenvalue weighted by Gasteiger charge is 2.14. The molecule has 1 aromatic rings. The Morgan fingerprint density at radius 1 is 1.47 bits per heavy atom. The Morgan fingerprint density at radius 3 is 2.67 bits per heavy atom. The van der Waals surface area contributed by atoms with Crippen molar-refractivity contribution in [2.45, 2.75) is 37.2 Å². The number of anilines is 1. The summed E-state index contributed by atoms with van der Waals surface area (Å²) < 4.78 is 0. The molecule has 5 nitrogen and oxygen atoms in total. The van der Waals surface area contributed by atoms with E-state index in [-0.39, 0.29) is 11.4 Å². The number of aliphatic hydroxyl groups excluding tert-OH is 1. The molecular weight excluding hydrogens is 212 g/mol. The van der Waals surface area contributed by atoms with Gasteiger partial charge in [-0.15, -0.1) is 11.8 Å². The molecule has 0 saturated carbocycles. The van der Waals surface area contributed by atoms with Crippen LogP contribution in [0.2, 0.25) is 0 Å². The van der Waals surface area contributed by atoms with E-state index in [1.54, 1.807) is 6.92 Å². The number of nitrogens with two attached hydrogens (primary N) is 1. The lowest BCUT2D eigenvalue weighted by atomic mass is 10.3. The minimum Gasteiger partial charge on any atom is -0.392 e. The molecule has 15 heavy (non-hydrogen) atoms. The van der Waals surface area contributed by atoms with E-state index in [9.17, 15) is 5.11 Å². The van der Waals surface area contributed by atoms with Crippen molar-refractivity contribution in [2.75, 3.05) is 5.43 Å². The molecule has 4 N–H and O–H groups in total. The van der Waals surface area contributed by atoms with E-state index in [0.717, 1.165) is 10.6 Å². The van der Waals surface area contributed by atoms with Crippen molar-refractivity contribution in [3.63, 3.8) is 0 Å². The van der Waals surface area contributed by atoms with E-state index in [1.165, 1.54) is 18.1 Å². The lowest BCUT2D eigenvalue weighted by Crippen LogP contribution is -2.16. The monoisotopic (exact) mass is 228 g/mol. The first-order valence-corrected chi connectivity index (χ1v) is 5.57. The smallest absolute Gasteiger partial charge is 0.147 e. The van der Waals surface area contributed by atoms with Gasteiger partial charge < -0.3 is 10.5 Å². The van der Waals surface area contributed by atoms with Gasteiger partial charge in [0, 0.05) is 10.8 Å². The molecule has 2 atom stereocenters. The van der Waals surface area contributed by atoms with Crippen molar-refractivity contribution in [2.24, 2.45) is 5.84 Å². The normalized spacial score (nSPS) is 14.7. The Kier molecular flexibility index (Phi) is 4.31. The molecule has 0 amide bonds. The summed E-state index contributed by atoms with van der Waals surface area (Å²) in [5, 5.41) is 10.3. The van der Waals surface area contributed by atoms with Gasteiger partial charge in [0.1, 0.15) is 17.2 Å². The number of hydrogen-bond donors (Lipinski definition) is 3. The number of hydrogen-bond acceptors (Lipinski definition) is 6. The van der Waals surface area contributed by atoms with Crippen LogP contribution in [-0.2, 0) is 0 Å². The second kappa shape index (κ2) is 5.29. The lowest BCUT2D eigenvalue weighted by Gasteiger charge is -2.15. The van der Waals surface area contributed by atoms with Crippen molar-refractivity contribution in [3.05, 3.63) is 11.9 Å². The molecule has 0 aliphatic carbocycles. The molecule has 0 aromatic carbocycles. The molecular formula is C9H16N4OS. The summed E-state index contributed by atoms with van der Waals surface area (Å²) in [4.78, 5) is 8.14.